The molecule has 0 nitrogen and oxygen atoms in total. The molecule has 2 unspecified atom stereocenters. The number of halogens is 2. The van der Waals surface area contributed by atoms with Gasteiger partial charge in [0.15, 0.2) is 0 Å². The third-order valence-corrected chi connectivity index (χ3v) is 28.6. The second-order valence-corrected chi connectivity index (χ2v) is 45.7. The molecule has 0 saturated carbocycles. The van der Waals surface area contributed by atoms with Crippen LogP contribution in [0.1, 0.15) is 48.9 Å². The molecule has 6 aromatic rings. The van der Waals surface area contributed by atoms with Gasteiger partial charge in [-0.15, -0.1) is 24.8 Å². The molecule has 0 amide bonds. The van der Waals surface area contributed by atoms with E-state index in [1.165, 1.54) is 60.5 Å². The number of benzene rings is 6. The summed E-state index contributed by atoms with van der Waals surface area (Å²) in [6, 6.07) is 43.1. The van der Waals surface area contributed by atoms with Crippen molar-refractivity contribution >= 4 is 65.4 Å². The summed E-state index contributed by atoms with van der Waals surface area (Å²) in [7, 11) is 0. The molecule has 0 N–H and O–H groups in total. The van der Waals surface area contributed by atoms with Crippen molar-refractivity contribution in [2.45, 2.75) is 37.3 Å². The SMILES string of the molecule is Cc1ccc(-c2cccc3ccccc23)c2c1[CH]([Zr]([CH3])([CH3])(=[SiH2])[CH]1C(C(C)C)=Cc3c(-c4cccc5ccccc45)cccc31)C=C2.Cl.Cl. The number of allylic oxidation sites excluding steroid dienone is 2. The van der Waals surface area contributed by atoms with Crippen LogP contribution >= 0.6 is 24.8 Å². The first-order valence-electron chi connectivity index (χ1n) is 16.8. The first kappa shape index (κ1) is 34.8. The van der Waals surface area contributed by atoms with Gasteiger partial charge in [-0.1, -0.05) is 0 Å². The van der Waals surface area contributed by atoms with Crippen LogP contribution in [-0.2, 0) is 17.4 Å². The molecule has 0 saturated heterocycles. The maximum Gasteiger partial charge on any atom is -0.147 e. The van der Waals surface area contributed by atoms with E-state index in [-0.39, 0.29) is 24.8 Å². The second kappa shape index (κ2) is 12.7. The maximum absolute atomic E-state index is 3.70. The Morgan fingerprint density at radius 1 is 0.604 bits per heavy atom. The van der Waals surface area contributed by atoms with Gasteiger partial charge in [-0.25, -0.2) is 0 Å². The zero-order valence-electron chi connectivity index (χ0n) is 28.5. The van der Waals surface area contributed by atoms with Crippen LogP contribution < -0.4 is 0 Å². The van der Waals surface area contributed by atoms with E-state index < -0.39 is 17.4 Å². The summed E-state index contributed by atoms with van der Waals surface area (Å²) in [6.07, 6.45) is 7.71. The summed E-state index contributed by atoms with van der Waals surface area (Å²) in [4.78, 5) is 0. The molecule has 8 rings (SSSR count). The van der Waals surface area contributed by atoms with Gasteiger partial charge in [0.05, 0.1) is 0 Å². The minimum absolute atomic E-state index is 0. The van der Waals surface area contributed by atoms with Gasteiger partial charge in [0.25, 0.3) is 0 Å². The summed E-state index contributed by atoms with van der Waals surface area (Å²) < 4.78 is 6.48. The van der Waals surface area contributed by atoms with Gasteiger partial charge in [0, 0.05) is 0 Å². The van der Waals surface area contributed by atoms with Crippen LogP contribution in [0.25, 0.3) is 56.0 Å². The number of aryl methyl sites for hydroxylation is 1. The van der Waals surface area contributed by atoms with Crippen molar-refractivity contribution < 1.29 is 17.4 Å². The number of fused-ring (bicyclic) bond motifs is 4. The van der Waals surface area contributed by atoms with Crippen molar-refractivity contribution in [2.75, 3.05) is 0 Å². The van der Waals surface area contributed by atoms with E-state index in [0.717, 1.165) is 0 Å². The van der Waals surface area contributed by atoms with E-state index in [0.29, 0.717) is 13.2 Å². The first-order valence-corrected chi connectivity index (χ1v) is 30.5. The van der Waals surface area contributed by atoms with Crippen LogP contribution in [-0.4, -0.2) is 6.88 Å². The number of hydrogen-bond donors (Lipinski definition) is 0. The van der Waals surface area contributed by atoms with Crippen LogP contribution in [0.15, 0.2) is 127 Å². The fourth-order valence-electron chi connectivity index (χ4n) is 8.97. The van der Waals surface area contributed by atoms with Gasteiger partial charge in [-0.05, 0) is 0 Å². The predicted molar refractivity (Wildman–Crippen MR) is 216 cm³/mol. The van der Waals surface area contributed by atoms with Crippen LogP contribution in [0.4, 0.5) is 0 Å². The van der Waals surface area contributed by atoms with E-state index in [9.17, 15) is 0 Å². The van der Waals surface area contributed by atoms with Crippen molar-refractivity contribution in [3.63, 3.8) is 0 Å². The quantitative estimate of drug-likeness (QED) is 0.153. The largest absolute Gasteiger partial charge is 0.147 e. The zero-order chi connectivity index (χ0) is 31.8. The smallest absolute Gasteiger partial charge is 0.147 e. The third kappa shape index (κ3) is 5.36. The van der Waals surface area contributed by atoms with E-state index in [1.54, 1.807) is 16.7 Å². The minimum atomic E-state index is -3.70. The topological polar surface area (TPSA) is 0 Å². The van der Waals surface area contributed by atoms with Crippen LogP contribution in [0.3, 0.4) is 0 Å². The van der Waals surface area contributed by atoms with Gasteiger partial charge in [0.2, 0.25) is 0 Å². The van der Waals surface area contributed by atoms with E-state index >= 15 is 0 Å². The minimum Gasteiger partial charge on any atom is -0.147 e. The molecule has 2 aliphatic rings. The molecule has 0 spiro atoms. The fourth-order valence-corrected chi connectivity index (χ4v) is 26.5. The summed E-state index contributed by atoms with van der Waals surface area (Å²) in [5.41, 5.74) is 14.5. The van der Waals surface area contributed by atoms with Crippen LogP contribution in [0.2, 0.25) is 9.26 Å². The average Bonchev–Trinajstić information content (AvgIpc) is 3.70. The Kier molecular flexibility index (Phi) is 9.23. The van der Waals surface area contributed by atoms with Crippen molar-refractivity contribution in [3.8, 4) is 22.3 Å². The predicted octanol–water partition coefficient (Wildman–Crippen LogP) is 12.7. The number of rotatable bonds is 5. The third-order valence-electron chi connectivity index (χ3n) is 11.2. The average molecular weight is 763 g/mol. The molecular weight excluding hydrogens is 719 g/mol. The molecular formula is C44H44Cl2SiZr. The summed E-state index contributed by atoms with van der Waals surface area (Å²) >= 11 is -3.70. The maximum atomic E-state index is 2.76. The molecule has 4 heteroatoms. The molecule has 0 bridgehead atoms. The van der Waals surface area contributed by atoms with Crippen LogP contribution in [0.5, 0.6) is 0 Å². The van der Waals surface area contributed by atoms with Gasteiger partial charge in [-0.2, -0.15) is 0 Å². The first-order chi connectivity index (χ1) is 22.1. The second-order valence-electron chi connectivity index (χ2n) is 15.1. The van der Waals surface area contributed by atoms with Crippen LogP contribution in [0, 0.1) is 12.8 Å². The van der Waals surface area contributed by atoms with Crippen molar-refractivity contribution in [3.05, 3.63) is 155 Å². The van der Waals surface area contributed by atoms with Crippen molar-refractivity contribution in [1.29, 1.82) is 0 Å². The fraction of sp³-hybridized carbons (Fsp3) is 0.182. The molecule has 0 heterocycles. The Bertz CT molecular complexity index is 2350. The molecule has 0 aliphatic heterocycles. The van der Waals surface area contributed by atoms with Gasteiger partial charge < -0.3 is 0 Å². The molecule has 2 atom stereocenters. The summed E-state index contributed by atoms with van der Waals surface area (Å²) in [6.45, 7) is 9.62. The van der Waals surface area contributed by atoms with E-state index in [4.69, 9.17) is 0 Å². The summed E-state index contributed by atoms with van der Waals surface area (Å²) in [5, 5.41) is 5.27. The van der Waals surface area contributed by atoms with Gasteiger partial charge >= 0.3 is 278 Å². The Morgan fingerprint density at radius 3 is 1.73 bits per heavy atom. The molecule has 48 heavy (non-hydrogen) atoms. The van der Waals surface area contributed by atoms with E-state index in [2.05, 4.69) is 170 Å². The number of hydrogen-bond acceptors (Lipinski definition) is 0. The molecule has 0 aromatic heterocycles. The van der Waals surface area contributed by atoms with Crippen molar-refractivity contribution in [1.82, 2.24) is 0 Å². The van der Waals surface area contributed by atoms with Gasteiger partial charge in [-0.3, -0.25) is 0 Å². The molecule has 2 aliphatic carbocycles. The molecule has 0 radical (unpaired) electrons. The van der Waals surface area contributed by atoms with E-state index in [1.807, 2.05) is 0 Å². The van der Waals surface area contributed by atoms with Crippen molar-refractivity contribution in [2.24, 2.45) is 5.92 Å². The zero-order valence-corrected chi connectivity index (χ0v) is 34.0. The Hall–Kier alpha value is -3.00. The Morgan fingerprint density at radius 2 is 1.12 bits per heavy atom. The normalized spacial score (nSPS) is 16.8. The molecule has 0 fully saturated rings. The molecule has 6 aromatic carbocycles. The van der Waals surface area contributed by atoms with Gasteiger partial charge in [0.1, 0.15) is 0 Å². The molecule has 242 valence electrons. The Balaban J connectivity index is 0.00000201. The monoisotopic (exact) mass is 760 g/mol. The standard InChI is InChI=1S/C22H19.C20H15.2CH3.2ClH.H2Si.Zr/c1-15(2)18-13-17-9-6-12-21(22(17)14-18)20-11-5-8-16-7-3-4-10-19(16)20;1-14-12-13-20(18-11-5-9-16(14)18)19-10-4-7-15-6-2-3-8-17(15)19;;;;;;/h3-15H,1-2H3;2-13H,1H3;2*1H3;2*1H;1H2;. The summed E-state index contributed by atoms with van der Waals surface area (Å²) in [5.74, 6) is 0.489. The Labute approximate surface area is 300 Å².